The monoisotopic (exact) mass is 394 g/mol. The molecule has 4 heterocycles. The lowest BCUT2D eigenvalue weighted by Gasteiger charge is -2.39. The van der Waals surface area contributed by atoms with E-state index in [1.165, 1.54) is 0 Å². The first-order chi connectivity index (χ1) is 14.0. The summed E-state index contributed by atoms with van der Waals surface area (Å²) in [5.41, 5.74) is 1.74. The van der Waals surface area contributed by atoms with Crippen molar-refractivity contribution in [3.8, 4) is 0 Å². The summed E-state index contributed by atoms with van der Waals surface area (Å²) in [7, 11) is 4.01. The lowest BCUT2D eigenvalue weighted by molar-refractivity contribution is 0.0588. The van der Waals surface area contributed by atoms with Gasteiger partial charge in [-0.3, -0.25) is 14.4 Å². The molecule has 5 rings (SSSR count). The van der Waals surface area contributed by atoms with Gasteiger partial charge in [-0.1, -0.05) is 23.4 Å². The Kier molecular flexibility index (Phi) is 4.20. The predicted molar refractivity (Wildman–Crippen MR) is 107 cm³/mol. The second kappa shape index (κ2) is 6.66. The maximum Gasteiger partial charge on any atom is 0.275 e. The minimum atomic E-state index is 0.0343. The lowest BCUT2D eigenvalue weighted by Crippen LogP contribution is -2.44. The third-order valence-electron chi connectivity index (χ3n) is 6.64. The molecule has 0 bridgehead atoms. The molecule has 0 radical (unpaired) electrons. The fourth-order valence-electron chi connectivity index (χ4n) is 5.06. The zero-order valence-corrected chi connectivity index (χ0v) is 17.1. The van der Waals surface area contributed by atoms with Gasteiger partial charge in [-0.05, 0) is 44.7 Å². The average Bonchev–Trinajstić information content (AvgIpc) is 3.38. The molecule has 1 aromatic carbocycles. The van der Waals surface area contributed by atoms with Gasteiger partial charge in [0.05, 0.1) is 11.6 Å². The van der Waals surface area contributed by atoms with E-state index in [2.05, 4.69) is 27.2 Å². The number of rotatable bonds is 2. The number of carbonyl (C=O) groups is 1. The van der Waals surface area contributed by atoms with Crippen LogP contribution >= 0.6 is 0 Å². The summed E-state index contributed by atoms with van der Waals surface area (Å²) >= 11 is 0. The molecule has 2 saturated heterocycles. The molecule has 2 aromatic heterocycles. The van der Waals surface area contributed by atoms with E-state index < -0.39 is 0 Å². The Hall–Kier alpha value is -2.74. The summed E-state index contributed by atoms with van der Waals surface area (Å²) in [6.45, 7) is 4.36. The minimum Gasteiger partial charge on any atom is -0.338 e. The number of aromatic nitrogens is 4. The molecule has 8 heteroatoms. The van der Waals surface area contributed by atoms with Gasteiger partial charge in [0.1, 0.15) is 0 Å². The molecule has 2 aliphatic rings. The second-order valence-corrected chi connectivity index (χ2v) is 8.60. The van der Waals surface area contributed by atoms with Crippen molar-refractivity contribution >= 4 is 16.8 Å². The predicted octanol–water partition coefficient (Wildman–Crippen LogP) is 2.56. The molecular weight excluding hydrogens is 368 g/mol. The highest BCUT2D eigenvalue weighted by molar-refractivity contribution is 6.04. The molecule has 1 atom stereocenters. The minimum absolute atomic E-state index is 0.0343. The molecule has 1 amide bonds. The van der Waals surface area contributed by atoms with E-state index in [4.69, 9.17) is 4.52 Å². The Morgan fingerprint density at radius 2 is 1.97 bits per heavy atom. The normalized spacial score (nSPS) is 22.0. The number of likely N-dealkylation sites (tertiary alicyclic amines) is 2. The van der Waals surface area contributed by atoms with Crippen molar-refractivity contribution in [2.45, 2.75) is 32.2 Å². The van der Waals surface area contributed by atoms with Gasteiger partial charge in [0.15, 0.2) is 11.5 Å². The smallest absolute Gasteiger partial charge is 0.275 e. The number of hydrogen-bond acceptors (Lipinski definition) is 6. The average molecular weight is 394 g/mol. The molecule has 152 valence electrons. The second-order valence-electron chi connectivity index (χ2n) is 8.60. The number of aryl methyl sites for hydroxylation is 2. The zero-order valence-electron chi connectivity index (χ0n) is 17.1. The van der Waals surface area contributed by atoms with Gasteiger partial charge in [0.25, 0.3) is 5.91 Å². The molecule has 2 aliphatic heterocycles. The summed E-state index contributed by atoms with van der Waals surface area (Å²) in [6.07, 6.45) is 2.97. The van der Waals surface area contributed by atoms with Crippen LogP contribution in [0.15, 0.2) is 28.8 Å². The lowest BCUT2D eigenvalue weighted by atomic mass is 9.76. The highest BCUT2D eigenvalue weighted by atomic mass is 16.5. The Bertz CT molecular complexity index is 1060. The number of para-hydroxylation sites is 1. The van der Waals surface area contributed by atoms with Gasteiger partial charge >= 0.3 is 0 Å². The van der Waals surface area contributed by atoms with E-state index >= 15 is 0 Å². The fraction of sp³-hybridized carbons (Fsp3) is 0.524. The maximum absolute atomic E-state index is 13.2. The van der Waals surface area contributed by atoms with Crippen molar-refractivity contribution in [2.24, 2.45) is 12.5 Å². The number of benzene rings is 1. The molecule has 0 aliphatic carbocycles. The Morgan fingerprint density at radius 3 is 2.69 bits per heavy atom. The summed E-state index contributed by atoms with van der Waals surface area (Å²) in [4.78, 5) is 21.9. The molecule has 1 unspecified atom stereocenters. The van der Waals surface area contributed by atoms with E-state index in [9.17, 15) is 4.79 Å². The topological polar surface area (TPSA) is 80.3 Å². The van der Waals surface area contributed by atoms with Crippen LogP contribution in [0.4, 0.5) is 0 Å². The molecule has 29 heavy (non-hydrogen) atoms. The highest BCUT2D eigenvalue weighted by Gasteiger charge is 2.47. The van der Waals surface area contributed by atoms with Crippen LogP contribution < -0.4 is 0 Å². The third kappa shape index (κ3) is 3.02. The van der Waals surface area contributed by atoms with Gasteiger partial charge in [-0.25, -0.2) is 0 Å². The number of carbonyl (C=O) groups excluding carboxylic acids is 1. The molecule has 0 saturated carbocycles. The first-order valence-corrected chi connectivity index (χ1v) is 10.2. The van der Waals surface area contributed by atoms with E-state index in [-0.39, 0.29) is 17.4 Å². The number of piperidine rings is 1. The summed E-state index contributed by atoms with van der Waals surface area (Å²) < 4.78 is 7.22. The van der Waals surface area contributed by atoms with Gasteiger partial charge in [-0.15, -0.1) is 0 Å². The van der Waals surface area contributed by atoms with Crippen molar-refractivity contribution in [3.05, 3.63) is 41.7 Å². The van der Waals surface area contributed by atoms with Crippen molar-refractivity contribution in [1.82, 2.24) is 29.7 Å². The quantitative estimate of drug-likeness (QED) is 0.665. The van der Waals surface area contributed by atoms with Gasteiger partial charge in [0.2, 0.25) is 5.89 Å². The van der Waals surface area contributed by atoms with Crippen LogP contribution in [0.5, 0.6) is 0 Å². The number of nitrogens with zero attached hydrogens (tertiary/aromatic N) is 6. The van der Waals surface area contributed by atoms with E-state index in [0.29, 0.717) is 17.4 Å². The largest absolute Gasteiger partial charge is 0.338 e. The van der Waals surface area contributed by atoms with Gasteiger partial charge < -0.3 is 9.42 Å². The van der Waals surface area contributed by atoms with E-state index in [1.54, 1.807) is 4.68 Å². The van der Waals surface area contributed by atoms with Crippen molar-refractivity contribution < 1.29 is 9.32 Å². The molecular formula is C21H26N6O2. The molecule has 8 nitrogen and oxygen atoms in total. The molecule has 2 fully saturated rings. The van der Waals surface area contributed by atoms with Crippen LogP contribution in [-0.4, -0.2) is 62.3 Å². The Balaban J connectivity index is 1.31. The summed E-state index contributed by atoms with van der Waals surface area (Å²) in [5, 5.41) is 9.38. The SMILES string of the molecule is Cc1noc(C2CC3(CCN(C(=O)c4nn(C)c5ccccc45)CC3)CN2C)n1. The summed E-state index contributed by atoms with van der Waals surface area (Å²) in [6, 6.07) is 8.07. The summed E-state index contributed by atoms with van der Waals surface area (Å²) in [5.74, 6) is 1.42. The van der Waals surface area contributed by atoms with Crippen molar-refractivity contribution in [1.29, 1.82) is 0 Å². The standard InChI is InChI=1S/C21H26N6O2/c1-14-22-19(29-24-14)17-12-21(13-25(17)2)8-10-27(11-9-21)20(28)18-15-6-4-5-7-16(15)26(3)23-18/h4-7,17H,8-13H2,1-3H3. The van der Waals surface area contributed by atoms with Crippen LogP contribution in [0.1, 0.15) is 47.5 Å². The number of fused-ring (bicyclic) bond motifs is 1. The van der Waals surface area contributed by atoms with Gasteiger partial charge in [-0.2, -0.15) is 10.1 Å². The third-order valence-corrected chi connectivity index (χ3v) is 6.64. The van der Waals surface area contributed by atoms with E-state index in [1.807, 2.05) is 43.1 Å². The van der Waals surface area contributed by atoms with Crippen LogP contribution in [0.2, 0.25) is 0 Å². The Labute approximate surface area is 169 Å². The van der Waals surface area contributed by atoms with Crippen LogP contribution in [0, 0.1) is 12.3 Å². The number of hydrogen-bond donors (Lipinski definition) is 0. The number of amides is 1. The molecule has 0 N–H and O–H groups in total. The zero-order chi connectivity index (χ0) is 20.2. The first-order valence-electron chi connectivity index (χ1n) is 10.2. The van der Waals surface area contributed by atoms with Gasteiger partial charge in [0, 0.05) is 32.1 Å². The fourth-order valence-corrected chi connectivity index (χ4v) is 5.06. The van der Waals surface area contributed by atoms with Crippen molar-refractivity contribution in [2.75, 3.05) is 26.7 Å². The van der Waals surface area contributed by atoms with Crippen LogP contribution in [0.25, 0.3) is 10.9 Å². The first kappa shape index (κ1) is 18.3. The highest BCUT2D eigenvalue weighted by Crippen LogP contribution is 2.48. The van der Waals surface area contributed by atoms with Crippen molar-refractivity contribution in [3.63, 3.8) is 0 Å². The van der Waals surface area contributed by atoms with Crippen LogP contribution in [0.3, 0.4) is 0 Å². The van der Waals surface area contributed by atoms with E-state index in [0.717, 1.165) is 49.8 Å². The molecule has 1 spiro atoms. The Morgan fingerprint density at radius 1 is 1.21 bits per heavy atom. The molecule has 3 aromatic rings. The van der Waals surface area contributed by atoms with Crippen LogP contribution in [-0.2, 0) is 7.05 Å². The maximum atomic E-state index is 13.2.